The lowest BCUT2D eigenvalue weighted by Gasteiger charge is -2.53. The summed E-state index contributed by atoms with van der Waals surface area (Å²) in [5.74, 6) is -7.61. The van der Waals surface area contributed by atoms with Crippen molar-refractivity contribution < 1.29 is 188 Å². The molecule has 516 valence electrons. The lowest BCUT2D eigenvalue weighted by Crippen LogP contribution is -2.72. The summed E-state index contributed by atoms with van der Waals surface area (Å²) in [5.41, 5.74) is 0. The van der Waals surface area contributed by atoms with Gasteiger partial charge in [0.2, 0.25) is 11.8 Å². The summed E-state index contributed by atoms with van der Waals surface area (Å²) in [6.07, 6.45) is -71.7. The van der Waals surface area contributed by atoms with Crippen LogP contribution in [0.25, 0.3) is 0 Å². The fourth-order valence-electron chi connectivity index (χ4n) is 11.4. The van der Waals surface area contributed by atoms with Crippen molar-refractivity contribution >= 4 is 17.8 Å². The van der Waals surface area contributed by atoms with Gasteiger partial charge in [0.15, 0.2) is 37.7 Å². The van der Waals surface area contributed by atoms with E-state index in [1.165, 1.54) is 6.92 Å². The maximum Gasteiger partial charge on any atom is 0.364 e. The molecule has 36 atom stereocenters. The van der Waals surface area contributed by atoms with E-state index in [9.17, 15) is 127 Å². The van der Waals surface area contributed by atoms with E-state index < -0.39 is 284 Å². The molecule has 0 aromatic carbocycles. The summed E-state index contributed by atoms with van der Waals surface area (Å²) < 4.78 is 76.5. The number of carboxylic acid groups (broad SMARTS) is 1. The lowest BCUT2D eigenvalue weighted by atomic mass is 9.88. The average molecular weight is 1310 g/mol. The van der Waals surface area contributed by atoms with Gasteiger partial charge in [-0.05, 0) is 6.92 Å². The minimum absolute atomic E-state index is 0.888. The quantitative estimate of drug-likeness (QED) is 0.0452. The van der Waals surface area contributed by atoms with Gasteiger partial charge in [0.25, 0.3) is 5.79 Å². The van der Waals surface area contributed by atoms with E-state index >= 15 is 0 Å². The summed E-state index contributed by atoms with van der Waals surface area (Å²) in [6.45, 7) is -3.96. The molecule has 1 unspecified atom stereocenters. The Hall–Kier alpha value is -2.95. The van der Waals surface area contributed by atoms with Crippen molar-refractivity contribution in [2.45, 2.75) is 248 Å². The first-order chi connectivity index (χ1) is 41.9. The number of hydrogen-bond acceptors (Lipinski definition) is 37. The molecule has 7 saturated heterocycles. The zero-order chi connectivity index (χ0) is 66.0. The number of nitrogens with one attached hydrogen (secondary N) is 2. The molecule has 7 fully saturated rings. The molecular weight excluding hydrogens is 1220 g/mol. The second-order valence-corrected chi connectivity index (χ2v) is 22.4. The average Bonchev–Trinajstić information content (AvgIpc) is 0.797. The van der Waals surface area contributed by atoms with Crippen molar-refractivity contribution in [3.8, 4) is 0 Å². The van der Waals surface area contributed by atoms with Crippen molar-refractivity contribution in [2.24, 2.45) is 0 Å². The van der Waals surface area contributed by atoms with E-state index in [2.05, 4.69) is 10.6 Å². The van der Waals surface area contributed by atoms with Crippen LogP contribution in [-0.2, 0) is 76.0 Å². The minimum Gasteiger partial charge on any atom is -0.477 e. The van der Waals surface area contributed by atoms with Gasteiger partial charge >= 0.3 is 5.97 Å². The summed E-state index contributed by atoms with van der Waals surface area (Å²) in [4.78, 5) is 39.4. The van der Waals surface area contributed by atoms with E-state index in [4.69, 9.17) is 61.6 Å². The normalized spacial score (nSPS) is 48.9. The zero-order valence-electron chi connectivity index (χ0n) is 47.5. The summed E-state index contributed by atoms with van der Waals surface area (Å²) in [5, 5.41) is 244. The molecule has 24 N–H and O–H groups in total. The Balaban J connectivity index is 1.32. The second-order valence-electron chi connectivity index (χ2n) is 22.4. The van der Waals surface area contributed by atoms with Crippen molar-refractivity contribution in [2.75, 3.05) is 39.6 Å². The van der Waals surface area contributed by atoms with Crippen LogP contribution in [-0.4, -0.2) is 390 Å². The van der Waals surface area contributed by atoms with Crippen LogP contribution in [0.4, 0.5) is 0 Å². The maximum atomic E-state index is 13.7. The van der Waals surface area contributed by atoms with Gasteiger partial charge in [0.05, 0.1) is 57.9 Å². The molecule has 2 amide bonds. The van der Waals surface area contributed by atoms with Crippen molar-refractivity contribution in [3.05, 3.63) is 0 Å². The maximum absolute atomic E-state index is 13.7. The monoisotopic (exact) mass is 1310 g/mol. The van der Waals surface area contributed by atoms with Crippen LogP contribution in [0.15, 0.2) is 0 Å². The predicted molar refractivity (Wildman–Crippen MR) is 271 cm³/mol. The van der Waals surface area contributed by atoms with Crippen LogP contribution in [0.5, 0.6) is 0 Å². The molecule has 0 aromatic rings. The topological polar surface area (TPSA) is 640 Å². The lowest BCUT2D eigenvalue weighted by molar-refractivity contribution is -0.410. The van der Waals surface area contributed by atoms with E-state index in [0.717, 1.165) is 13.8 Å². The number of amides is 2. The van der Waals surface area contributed by atoms with Crippen LogP contribution in [0, 0.1) is 0 Å². The van der Waals surface area contributed by atoms with Crippen molar-refractivity contribution in [1.82, 2.24) is 10.6 Å². The molecule has 89 heavy (non-hydrogen) atoms. The van der Waals surface area contributed by atoms with Gasteiger partial charge in [-0.15, -0.1) is 0 Å². The molecule has 7 aliphatic heterocycles. The van der Waals surface area contributed by atoms with Crippen LogP contribution in [0.1, 0.15) is 27.2 Å². The zero-order valence-corrected chi connectivity index (χ0v) is 47.5. The Morgan fingerprint density at radius 1 is 0.461 bits per heavy atom. The van der Waals surface area contributed by atoms with E-state index in [-0.39, 0.29) is 0 Å². The molecule has 40 nitrogen and oxygen atoms in total. The Bertz CT molecular complexity index is 2270. The standard InChI is InChI=1S/C49H82N2O38/c1-11-23(62)28(67)32(71)44(77-11)87-41-39(86-45-33(72)29(68)25(64)16(6-53)80-45)27(66)18(8-55)81-47(41)85-37-22(51-13(3)59)43(79-17(7-54)26(37)65)84-36-20(10-57)82-46(83-35-19(9-56)78-42(74)31(70)30(35)69)34(73)40(36)89-49(48(75)76)4-14(60)21(50-12(2)58)38(88-49)24(63)15(61)5-52/h11,14-47,52-57,60-74H,4-10H2,1-3H3,(H,50,58)(H,51,59)(H,75,76)/t11-,14-,15+,16+,17+,18+,19+,20+,21+,22+,23+,24+,25-,26-,27-,28+,29-,30+,31+,32-,33+,34+,35+,36-,37+,38+,39-,40+,41+,42?,43-,44-,45+,46-,47-,49-/m0/s1. The predicted octanol–water partition coefficient (Wildman–Crippen LogP) is -15.8. The molecule has 0 radical (unpaired) electrons. The number of aliphatic carboxylic acids is 1. The Labute approximate surface area is 503 Å². The summed E-state index contributed by atoms with van der Waals surface area (Å²) in [6, 6.07) is -3.91. The molecule has 0 aromatic heterocycles. The number of ether oxygens (including phenoxy) is 13. The van der Waals surface area contributed by atoms with Crippen molar-refractivity contribution in [1.29, 1.82) is 0 Å². The van der Waals surface area contributed by atoms with Gasteiger partial charge in [-0.2, -0.15) is 0 Å². The van der Waals surface area contributed by atoms with E-state index in [0.29, 0.717) is 0 Å². The third kappa shape index (κ3) is 15.6. The number of carbonyl (C=O) groups excluding carboxylic acids is 2. The first kappa shape index (κ1) is 73.5. The number of aliphatic hydroxyl groups is 21. The van der Waals surface area contributed by atoms with Gasteiger partial charge in [0, 0.05) is 20.3 Å². The van der Waals surface area contributed by atoms with Gasteiger partial charge in [-0.1, -0.05) is 0 Å². The molecule has 40 heteroatoms. The fourth-order valence-corrected chi connectivity index (χ4v) is 11.4. The van der Waals surface area contributed by atoms with Crippen LogP contribution in [0.2, 0.25) is 0 Å². The molecule has 7 heterocycles. The molecule has 0 saturated carbocycles. The van der Waals surface area contributed by atoms with E-state index in [1.807, 2.05) is 0 Å². The molecule has 0 aliphatic carbocycles. The summed E-state index contributed by atoms with van der Waals surface area (Å²) >= 11 is 0. The van der Waals surface area contributed by atoms with Crippen LogP contribution < -0.4 is 10.6 Å². The Morgan fingerprint density at radius 2 is 0.910 bits per heavy atom. The van der Waals surface area contributed by atoms with Gasteiger partial charge in [0.1, 0.15) is 159 Å². The SMILES string of the molecule is CC(=O)N[C@H]1[C@H](O[C@@H]2[C@H](O[C@]3(C(=O)O)C[C@H](O)[C@@H](NC(C)=O)[C@H]([C@H](O)[C@H](O)CO)O3)[C@@H](O)[C@H](O[C@H]3[C@H](O)[C@@H](O)C(O)O[C@@H]3CO)O[C@@H]2CO)O[C@H](CO)[C@H](O)[C@@H]1O[C@@H]1O[C@H](CO)[C@H](O)[C@H](O[C@H]2O[C@H](CO)[C@H](O)[C@H](O)[C@H]2O)[C@H]1O[C@@H]1O[C@@H](C)[C@@H](O)[C@@H](O)[C@@H]1O. The molecule has 0 bridgehead atoms. The third-order valence-corrected chi connectivity index (χ3v) is 16.3. The molecule has 0 spiro atoms. The van der Waals surface area contributed by atoms with Crippen LogP contribution in [0.3, 0.4) is 0 Å². The molecule has 7 aliphatic rings. The van der Waals surface area contributed by atoms with Gasteiger partial charge in [-0.3, -0.25) is 9.59 Å². The largest absolute Gasteiger partial charge is 0.477 e. The number of hydrogen-bond donors (Lipinski definition) is 24. The van der Waals surface area contributed by atoms with Gasteiger partial charge < -0.3 is 185 Å². The van der Waals surface area contributed by atoms with Gasteiger partial charge in [-0.25, -0.2) is 4.79 Å². The third-order valence-electron chi connectivity index (χ3n) is 16.3. The first-order valence-corrected chi connectivity index (χ1v) is 28.1. The number of carboxylic acids is 1. The highest BCUT2D eigenvalue weighted by molar-refractivity contribution is 5.76. The highest BCUT2D eigenvalue weighted by Gasteiger charge is 2.63. The highest BCUT2D eigenvalue weighted by atomic mass is 16.8. The highest BCUT2D eigenvalue weighted by Crippen LogP contribution is 2.42. The number of aliphatic hydroxyl groups excluding tert-OH is 21. The molecule has 7 rings (SSSR count). The first-order valence-electron chi connectivity index (χ1n) is 28.1. The van der Waals surface area contributed by atoms with E-state index in [1.54, 1.807) is 0 Å². The van der Waals surface area contributed by atoms with Crippen molar-refractivity contribution in [3.63, 3.8) is 0 Å². The second kappa shape index (κ2) is 31.1. The number of carbonyl (C=O) groups is 3. The Morgan fingerprint density at radius 3 is 1.47 bits per heavy atom. The minimum atomic E-state index is -3.44. The number of rotatable bonds is 23. The Kier molecular flexibility index (Phi) is 25.6. The molecular formula is C49H82N2O38. The van der Waals surface area contributed by atoms with Crippen LogP contribution >= 0.6 is 0 Å². The summed E-state index contributed by atoms with van der Waals surface area (Å²) in [7, 11) is 0. The smallest absolute Gasteiger partial charge is 0.364 e. The fraction of sp³-hybridized carbons (Fsp3) is 0.939.